The second-order valence-electron chi connectivity index (χ2n) is 5.05. The van der Waals surface area contributed by atoms with E-state index in [1.54, 1.807) is 0 Å². The van der Waals surface area contributed by atoms with Gasteiger partial charge in [0.2, 0.25) is 5.95 Å². The van der Waals surface area contributed by atoms with E-state index in [0.717, 1.165) is 44.1 Å². The molecule has 0 aromatic carbocycles. The topological polar surface area (TPSA) is 86.6 Å². The van der Waals surface area contributed by atoms with Crippen LogP contribution in [-0.4, -0.2) is 37.6 Å². The molecule has 2 aromatic rings. The maximum atomic E-state index is 5.55. The number of anilines is 1. The normalized spacial score (nSPS) is 17.8. The van der Waals surface area contributed by atoms with E-state index in [1.165, 1.54) is 5.56 Å². The van der Waals surface area contributed by atoms with Gasteiger partial charge in [0, 0.05) is 31.3 Å². The molecule has 0 saturated heterocycles. The summed E-state index contributed by atoms with van der Waals surface area (Å²) in [6.45, 7) is 4.56. The molecule has 2 aromatic heterocycles. The highest BCUT2D eigenvalue weighted by molar-refractivity contribution is 5.31. The fourth-order valence-electron chi connectivity index (χ4n) is 2.55. The fourth-order valence-corrected chi connectivity index (χ4v) is 2.55. The molecular weight excluding hydrogens is 254 g/mol. The van der Waals surface area contributed by atoms with Gasteiger partial charge in [-0.05, 0) is 26.3 Å². The first kappa shape index (κ1) is 13.1. The molecule has 0 fully saturated rings. The largest absolute Gasteiger partial charge is 0.354 e. The molecule has 3 N–H and O–H groups in total. The first-order chi connectivity index (χ1) is 9.81. The molecule has 1 aliphatic heterocycles. The number of aryl methyl sites for hydroxylation is 2. The maximum Gasteiger partial charge on any atom is 0.221 e. The second-order valence-corrected chi connectivity index (χ2v) is 5.05. The summed E-state index contributed by atoms with van der Waals surface area (Å²) in [6, 6.07) is 0.227. The predicted octanol–water partition coefficient (Wildman–Crippen LogP) is 0.791. The molecule has 0 radical (unpaired) electrons. The van der Waals surface area contributed by atoms with Gasteiger partial charge in [-0.2, -0.15) is 15.2 Å². The molecule has 0 saturated carbocycles. The summed E-state index contributed by atoms with van der Waals surface area (Å²) in [7, 11) is 0. The molecule has 108 valence electrons. The summed E-state index contributed by atoms with van der Waals surface area (Å²) in [5, 5.41) is 12.3. The average molecular weight is 275 g/mol. The third-order valence-corrected chi connectivity index (χ3v) is 3.64. The lowest BCUT2D eigenvalue weighted by molar-refractivity contribution is 0.476. The quantitative estimate of drug-likeness (QED) is 0.842. The molecule has 0 amide bonds. The number of hydrogen-bond acceptors (Lipinski definition) is 5. The van der Waals surface area contributed by atoms with Crippen LogP contribution in [0.5, 0.6) is 0 Å². The highest BCUT2D eigenvalue weighted by atomic mass is 15.4. The second kappa shape index (κ2) is 5.62. The summed E-state index contributed by atoms with van der Waals surface area (Å²) in [5.41, 5.74) is 6.74. The molecule has 1 aliphatic rings. The van der Waals surface area contributed by atoms with Crippen LogP contribution in [0.25, 0.3) is 0 Å². The Kier molecular flexibility index (Phi) is 3.68. The molecule has 0 bridgehead atoms. The highest BCUT2D eigenvalue weighted by Crippen LogP contribution is 2.28. The van der Waals surface area contributed by atoms with Gasteiger partial charge in [-0.1, -0.05) is 0 Å². The van der Waals surface area contributed by atoms with Crippen molar-refractivity contribution in [3.05, 3.63) is 23.8 Å². The third kappa shape index (κ3) is 2.40. The smallest absolute Gasteiger partial charge is 0.221 e. The molecule has 20 heavy (non-hydrogen) atoms. The zero-order chi connectivity index (χ0) is 13.9. The Morgan fingerprint density at radius 1 is 1.50 bits per heavy atom. The van der Waals surface area contributed by atoms with Gasteiger partial charge >= 0.3 is 0 Å². The van der Waals surface area contributed by atoms with Gasteiger partial charge in [-0.3, -0.25) is 4.68 Å². The van der Waals surface area contributed by atoms with Crippen molar-refractivity contribution in [2.45, 2.75) is 38.8 Å². The predicted molar refractivity (Wildman–Crippen MR) is 76.5 cm³/mol. The molecule has 0 spiro atoms. The Balaban J connectivity index is 1.86. The first-order valence-electron chi connectivity index (χ1n) is 7.23. The van der Waals surface area contributed by atoms with Crippen LogP contribution in [0.3, 0.4) is 0 Å². The van der Waals surface area contributed by atoms with Crippen LogP contribution in [0.1, 0.15) is 37.2 Å². The van der Waals surface area contributed by atoms with E-state index >= 15 is 0 Å². The Labute approximate surface area is 118 Å². The molecule has 3 heterocycles. The van der Waals surface area contributed by atoms with Crippen LogP contribution in [0, 0.1) is 0 Å². The van der Waals surface area contributed by atoms with Crippen LogP contribution in [0.2, 0.25) is 0 Å². The lowest BCUT2D eigenvalue weighted by atomic mass is 10.1. The summed E-state index contributed by atoms with van der Waals surface area (Å²) in [6.07, 6.45) is 6.79. The first-order valence-corrected chi connectivity index (χ1v) is 7.23. The van der Waals surface area contributed by atoms with Crippen molar-refractivity contribution >= 4 is 5.95 Å². The van der Waals surface area contributed by atoms with Crippen molar-refractivity contribution in [1.29, 1.82) is 0 Å². The van der Waals surface area contributed by atoms with E-state index in [4.69, 9.17) is 5.73 Å². The SMILES string of the molecule is CCn1cc(C2CCNc3nc(CCCN)nn32)cn1. The molecule has 1 unspecified atom stereocenters. The monoisotopic (exact) mass is 275 g/mol. The van der Waals surface area contributed by atoms with Gasteiger partial charge in [0.1, 0.15) is 0 Å². The summed E-state index contributed by atoms with van der Waals surface area (Å²) >= 11 is 0. The lowest BCUT2D eigenvalue weighted by Crippen LogP contribution is -2.24. The Hall–Kier alpha value is -1.89. The maximum absolute atomic E-state index is 5.55. The van der Waals surface area contributed by atoms with Crippen molar-refractivity contribution in [1.82, 2.24) is 24.5 Å². The van der Waals surface area contributed by atoms with Crippen molar-refractivity contribution in [3.8, 4) is 0 Å². The minimum atomic E-state index is 0.227. The van der Waals surface area contributed by atoms with Gasteiger partial charge in [0.05, 0.1) is 12.2 Å². The van der Waals surface area contributed by atoms with Crippen LogP contribution < -0.4 is 11.1 Å². The van der Waals surface area contributed by atoms with E-state index < -0.39 is 0 Å². The number of nitrogens with zero attached hydrogens (tertiary/aromatic N) is 5. The number of nitrogens with one attached hydrogen (secondary N) is 1. The molecule has 7 heteroatoms. The molecule has 7 nitrogen and oxygen atoms in total. The Bertz CT molecular complexity index is 571. The van der Waals surface area contributed by atoms with Crippen molar-refractivity contribution in [2.75, 3.05) is 18.4 Å². The number of aromatic nitrogens is 5. The Morgan fingerprint density at radius 3 is 3.15 bits per heavy atom. The lowest BCUT2D eigenvalue weighted by Gasteiger charge is -2.23. The van der Waals surface area contributed by atoms with Gasteiger partial charge in [-0.15, -0.1) is 0 Å². The number of fused-ring (bicyclic) bond motifs is 1. The standard InChI is InChI=1S/C13H21N7/c1-2-19-9-10(8-16-19)11-5-7-15-13-17-12(4-3-6-14)18-20(11)13/h8-9,11H,2-7,14H2,1H3,(H,15,17,18). The van der Waals surface area contributed by atoms with E-state index in [-0.39, 0.29) is 6.04 Å². The Morgan fingerprint density at radius 2 is 2.40 bits per heavy atom. The van der Waals surface area contributed by atoms with E-state index in [2.05, 4.69) is 33.6 Å². The van der Waals surface area contributed by atoms with Gasteiger partial charge in [0.15, 0.2) is 5.82 Å². The molecule has 3 rings (SSSR count). The minimum Gasteiger partial charge on any atom is -0.354 e. The van der Waals surface area contributed by atoms with Gasteiger partial charge < -0.3 is 11.1 Å². The number of rotatable bonds is 5. The highest BCUT2D eigenvalue weighted by Gasteiger charge is 2.25. The molecule has 1 atom stereocenters. The van der Waals surface area contributed by atoms with E-state index in [9.17, 15) is 0 Å². The number of nitrogens with two attached hydrogens (primary N) is 1. The zero-order valence-electron chi connectivity index (χ0n) is 11.8. The average Bonchev–Trinajstić information content (AvgIpc) is 3.10. The van der Waals surface area contributed by atoms with E-state index in [1.807, 2.05) is 15.6 Å². The van der Waals surface area contributed by atoms with Crippen LogP contribution in [0.15, 0.2) is 12.4 Å². The van der Waals surface area contributed by atoms with Gasteiger partial charge in [0.25, 0.3) is 0 Å². The zero-order valence-corrected chi connectivity index (χ0v) is 11.8. The van der Waals surface area contributed by atoms with Crippen LogP contribution in [-0.2, 0) is 13.0 Å². The summed E-state index contributed by atoms with van der Waals surface area (Å²) in [4.78, 5) is 4.55. The van der Waals surface area contributed by atoms with Crippen LogP contribution >= 0.6 is 0 Å². The van der Waals surface area contributed by atoms with Crippen molar-refractivity contribution in [3.63, 3.8) is 0 Å². The minimum absolute atomic E-state index is 0.227. The summed E-state index contributed by atoms with van der Waals surface area (Å²) in [5.74, 6) is 1.73. The third-order valence-electron chi connectivity index (χ3n) is 3.64. The van der Waals surface area contributed by atoms with E-state index in [0.29, 0.717) is 6.54 Å². The molecular formula is C13H21N7. The van der Waals surface area contributed by atoms with Crippen LogP contribution in [0.4, 0.5) is 5.95 Å². The van der Waals surface area contributed by atoms with Crippen molar-refractivity contribution < 1.29 is 0 Å². The fraction of sp³-hybridized carbons (Fsp3) is 0.615. The molecule has 0 aliphatic carbocycles. The summed E-state index contributed by atoms with van der Waals surface area (Å²) < 4.78 is 3.94. The van der Waals surface area contributed by atoms with Gasteiger partial charge in [-0.25, -0.2) is 4.68 Å². The van der Waals surface area contributed by atoms with Crippen molar-refractivity contribution in [2.24, 2.45) is 5.73 Å². The number of hydrogen-bond donors (Lipinski definition) is 2.